The number of benzene rings is 1. The van der Waals surface area contributed by atoms with Crippen molar-refractivity contribution in [3.05, 3.63) is 42.1 Å². The first-order chi connectivity index (χ1) is 11.7. The Morgan fingerprint density at radius 2 is 1.67 bits per heavy atom. The van der Waals surface area contributed by atoms with Crippen molar-refractivity contribution in [1.29, 1.82) is 0 Å². The van der Waals surface area contributed by atoms with Gasteiger partial charge >= 0.3 is 0 Å². The van der Waals surface area contributed by atoms with Crippen molar-refractivity contribution >= 4 is 22.8 Å². The van der Waals surface area contributed by atoms with Crippen LogP contribution in [0.1, 0.15) is 12.1 Å². The molecule has 1 aromatic carbocycles. The summed E-state index contributed by atoms with van der Waals surface area (Å²) >= 11 is 0. The van der Waals surface area contributed by atoms with Crippen LogP contribution in [-0.2, 0) is 7.05 Å². The van der Waals surface area contributed by atoms with E-state index in [4.69, 9.17) is 4.98 Å². The van der Waals surface area contributed by atoms with Crippen molar-refractivity contribution in [2.24, 2.45) is 7.05 Å². The van der Waals surface area contributed by atoms with Gasteiger partial charge in [-0.05, 0) is 37.6 Å². The molecule has 0 atom stereocenters. The standard InChI is InChI=1S/C18H22N6/c1-14-8-9-17(21-20-14)23-10-5-11-24(13-12-23)18-19-15-6-3-4-7-16(15)22(18)2/h3-4,6-9H,5,10-13H2,1-2H3. The van der Waals surface area contributed by atoms with Crippen LogP contribution in [-0.4, -0.2) is 45.9 Å². The summed E-state index contributed by atoms with van der Waals surface area (Å²) in [5, 5.41) is 8.51. The van der Waals surface area contributed by atoms with Crippen LogP contribution in [0.15, 0.2) is 36.4 Å². The first-order valence-corrected chi connectivity index (χ1v) is 8.44. The third kappa shape index (κ3) is 2.68. The maximum atomic E-state index is 4.83. The predicted octanol–water partition coefficient (Wildman–Crippen LogP) is 2.39. The fourth-order valence-electron chi connectivity index (χ4n) is 3.32. The van der Waals surface area contributed by atoms with Gasteiger partial charge in [0.25, 0.3) is 0 Å². The first-order valence-electron chi connectivity index (χ1n) is 8.44. The van der Waals surface area contributed by atoms with Crippen LogP contribution in [0.3, 0.4) is 0 Å². The highest BCUT2D eigenvalue weighted by molar-refractivity contribution is 5.78. The largest absolute Gasteiger partial charge is 0.353 e. The van der Waals surface area contributed by atoms with Gasteiger partial charge in [0, 0.05) is 33.2 Å². The third-order valence-corrected chi connectivity index (χ3v) is 4.65. The molecule has 0 saturated carbocycles. The minimum Gasteiger partial charge on any atom is -0.353 e. The lowest BCUT2D eigenvalue weighted by atomic mass is 10.3. The molecular weight excluding hydrogens is 300 g/mol. The maximum Gasteiger partial charge on any atom is 0.206 e. The Balaban J connectivity index is 1.55. The predicted molar refractivity (Wildman–Crippen MR) is 96.5 cm³/mol. The lowest BCUT2D eigenvalue weighted by Crippen LogP contribution is -2.32. The van der Waals surface area contributed by atoms with Gasteiger partial charge in [-0.1, -0.05) is 12.1 Å². The Morgan fingerprint density at radius 3 is 2.46 bits per heavy atom. The van der Waals surface area contributed by atoms with E-state index < -0.39 is 0 Å². The van der Waals surface area contributed by atoms with Crippen molar-refractivity contribution in [1.82, 2.24) is 19.7 Å². The van der Waals surface area contributed by atoms with Gasteiger partial charge < -0.3 is 14.4 Å². The van der Waals surface area contributed by atoms with Gasteiger partial charge in [0.05, 0.1) is 16.7 Å². The van der Waals surface area contributed by atoms with Crippen LogP contribution in [0.4, 0.5) is 11.8 Å². The molecule has 0 unspecified atom stereocenters. The molecule has 24 heavy (non-hydrogen) atoms. The lowest BCUT2D eigenvalue weighted by molar-refractivity contribution is 0.757. The highest BCUT2D eigenvalue weighted by Gasteiger charge is 2.20. The number of fused-ring (bicyclic) bond motifs is 1. The summed E-state index contributed by atoms with van der Waals surface area (Å²) in [6.45, 7) is 5.84. The third-order valence-electron chi connectivity index (χ3n) is 4.65. The molecule has 6 heteroatoms. The molecule has 3 heterocycles. The number of hydrogen-bond donors (Lipinski definition) is 0. The fourth-order valence-corrected chi connectivity index (χ4v) is 3.32. The van der Waals surface area contributed by atoms with Crippen LogP contribution in [0.5, 0.6) is 0 Å². The SMILES string of the molecule is Cc1ccc(N2CCCN(c3nc4ccccc4n3C)CC2)nn1. The van der Waals surface area contributed by atoms with E-state index in [-0.39, 0.29) is 0 Å². The average Bonchev–Trinajstić information content (AvgIpc) is 2.79. The molecule has 2 aromatic heterocycles. The second-order valence-corrected chi connectivity index (χ2v) is 6.32. The maximum absolute atomic E-state index is 4.83. The Kier molecular flexibility index (Phi) is 3.80. The van der Waals surface area contributed by atoms with Crippen LogP contribution < -0.4 is 9.80 Å². The minimum absolute atomic E-state index is 0.931. The van der Waals surface area contributed by atoms with E-state index in [1.165, 1.54) is 5.52 Å². The molecule has 0 aliphatic carbocycles. The zero-order valence-electron chi connectivity index (χ0n) is 14.2. The second kappa shape index (κ2) is 6.11. The molecule has 0 bridgehead atoms. The van der Waals surface area contributed by atoms with Gasteiger partial charge in [-0.3, -0.25) is 0 Å². The normalized spacial score (nSPS) is 15.8. The van der Waals surface area contributed by atoms with E-state index in [2.05, 4.69) is 55.9 Å². The van der Waals surface area contributed by atoms with Gasteiger partial charge in [0.1, 0.15) is 0 Å². The molecule has 1 aliphatic rings. The van der Waals surface area contributed by atoms with E-state index in [0.29, 0.717) is 0 Å². The molecule has 3 aromatic rings. The van der Waals surface area contributed by atoms with E-state index >= 15 is 0 Å². The number of rotatable bonds is 2. The van der Waals surface area contributed by atoms with Gasteiger partial charge in [-0.25, -0.2) is 4.98 Å². The number of nitrogens with zero attached hydrogens (tertiary/aromatic N) is 6. The summed E-state index contributed by atoms with van der Waals surface area (Å²) in [6.07, 6.45) is 1.08. The highest BCUT2D eigenvalue weighted by Crippen LogP contribution is 2.22. The van der Waals surface area contributed by atoms with Gasteiger partial charge in [-0.15, -0.1) is 5.10 Å². The van der Waals surface area contributed by atoms with E-state index in [1.807, 2.05) is 19.1 Å². The summed E-state index contributed by atoms with van der Waals surface area (Å²) in [5.41, 5.74) is 3.19. The number of para-hydroxylation sites is 2. The zero-order chi connectivity index (χ0) is 16.5. The van der Waals surface area contributed by atoms with E-state index in [0.717, 1.165) is 55.6 Å². The Bertz CT molecular complexity index is 838. The Morgan fingerprint density at radius 1 is 0.875 bits per heavy atom. The Hall–Kier alpha value is -2.63. The average molecular weight is 322 g/mol. The van der Waals surface area contributed by atoms with Crippen molar-refractivity contribution in [2.75, 3.05) is 36.0 Å². The summed E-state index contributed by atoms with van der Waals surface area (Å²) in [6, 6.07) is 12.4. The molecule has 0 N–H and O–H groups in total. The number of imidazole rings is 1. The number of anilines is 2. The van der Waals surface area contributed by atoms with E-state index in [1.54, 1.807) is 0 Å². The van der Waals surface area contributed by atoms with Crippen LogP contribution >= 0.6 is 0 Å². The number of aryl methyl sites for hydroxylation is 2. The zero-order valence-corrected chi connectivity index (χ0v) is 14.2. The van der Waals surface area contributed by atoms with Gasteiger partial charge in [-0.2, -0.15) is 5.10 Å². The summed E-state index contributed by atoms with van der Waals surface area (Å²) in [7, 11) is 2.10. The van der Waals surface area contributed by atoms with Crippen molar-refractivity contribution in [2.45, 2.75) is 13.3 Å². The van der Waals surface area contributed by atoms with Crippen LogP contribution in [0, 0.1) is 6.92 Å². The molecular formula is C18H22N6. The Labute approximate surface area is 141 Å². The minimum atomic E-state index is 0.931. The van der Waals surface area contributed by atoms with Crippen LogP contribution in [0.2, 0.25) is 0 Å². The number of aromatic nitrogens is 4. The number of hydrogen-bond acceptors (Lipinski definition) is 5. The molecule has 0 radical (unpaired) electrons. The molecule has 0 amide bonds. The van der Waals surface area contributed by atoms with Gasteiger partial charge in [0.2, 0.25) is 5.95 Å². The molecule has 1 fully saturated rings. The van der Waals surface area contributed by atoms with E-state index in [9.17, 15) is 0 Å². The second-order valence-electron chi connectivity index (χ2n) is 6.32. The fraction of sp³-hybridized carbons (Fsp3) is 0.389. The quantitative estimate of drug-likeness (QED) is 0.725. The lowest BCUT2D eigenvalue weighted by Gasteiger charge is -2.23. The molecule has 1 aliphatic heterocycles. The smallest absolute Gasteiger partial charge is 0.206 e. The summed E-state index contributed by atoms with van der Waals surface area (Å²) < 4.78 is 2.19. The topological polar surface area (TPSA) is 50.1 Å². The van der Waals surface area contributed by atoms with Crippen LogP contribution in [0.25, 0.3) is 11.0 Å². The monoisotopic (exact) mass is 322 g/mol. The van der Waals surface area contributed by atoms with Gasteiger partial charge in [0.15, 0.2) is 5.82 Å². The van der Waals surface area contributed by atoms with Crippen molar-refractivity contribution in [3.8, 4) is 0 Å². The summed E-state index contributed by atoms with van der Waals surface area (Å²) in [4.78, 5) is 9.52. The molecule has 6 nitrogen and oxygen atoms in total. The van der Waals surface area contributed by atoms with Crippen molar-refractivity contribution in [3.63, 3.8) is 0 Å². The molecule has 124 valence electrons. The molecule has 4 rings (SSSR count). The van der Waals surface area contributed by atoms with Crippen molar-refractivity contribution < 1.29 is 0 Å². The highest BCUT2D eigenvalue weighted by atomic mass is 15.3. The first kappa shape index (κ1) is 14.9. The summed E-state index contributed by atoms with van der Waals surface area (Å²) in [5.74, 6) is 2.01. The molecule has 0 spiro atoms. The molecule has 1 saturated heterocycles.